The number of hydrogen-bond acceptors (Lipinski definition) is 3. The Kier molecular flexibility index (Phi) is 4.68. The number of nitrogens with zero attached hydrogens (tertiary/aromatic N) is 1. The molecule has 2 aromatic rings. The van der Waals surface area contributed by atoms with Crippen LogP contribution >= 0.6 is 0 Å². The molecule has 0 bridgehead atoms. The molecule has 1 aromatic carbocycles. The van der Waals surface area contributed by atoms with E-state index in [9.17, 15) is 10.0 Å². The molecular formula is C15H16N2O3. The summed E-state index contributed by atoms with van der Waals surface area (Å²) in [7, 11) is 1.64. The average Bonchev–Trinajstić information content (AvgIpc) is 2.47. The van der Waals surface area contributed by atoms with E-state index in [0.29, 0.717) is 23.4 Å². The second kappa shape index (κ2) is 6.68. The molecule has 5 nitrogen and oxygen atoms in total. The first-order chi connectivity index (χ1) is 9.70. The summed E-state index contributed by atoms with van der Waals surface area (Å²) in [5.41, 5.74) is 2.51. The van der Waals surface area contributed by atoms with Crippen molar-refractivity contribution in [1.82, 2.24) is 5.32 Å². The van der Waals surface area contributed by atoms with E-state index >= 15 is 0 Å². The summed E-state index contributed by atoms with van der Waals surface area (Å²) in [6, 6.07) is 10.7. The molecule has 5 heteroatoms. The number of ether oxygens (including phenoxy) is 1. The SMILES string of the molecule is COCc1ccccc1CNC(=O)c1cc[n+]([O-])cc1. The Balaban J connectivity index is 2.01. The fourth-order valence-corrected chi connectivity index (χ4v) is 1.87. The van der Waals surface area contributed by atoms with Gasteiger partial charge in [0.05, 0.1) is 12.2 Å². The van der Waals surface area contributed by atoms with Gasteiger partial charge in [0, 0.05) is 25.8 Å². The number of rotatable bonds is 5. The summed E-state index contributed by atoms with van der Waals surface area (Å²) in [5, 5.41) is 13.7. The van der Waals surface area contributed by atoms with Gasteiger partial charge in [0.2, 0.25) is 0 Å². The van der Waals surface area contributed by atoms with Gasteiger partial charge in [0.25, 0.3) is 5.91 Å². The lowest BCUT2D eigenvalue weighted by Crippen LogP contribution is -2.27. The minimum atomic E-state index is -0.210. The van der Waals surface area contributed by atoms with Gasteiger partial charge in [0.15, 0.2) is 12.4 Å². The lowest BCUT2D eigenvalue weighted by molar-refractivity contribution is -0.605. The summed E-state index contributed by atoms with van der Waals surface area (Å²) in [4.78, 5) is 11.9. The van der Waals surface area contributed by atoms with Crippen LogP contribution in [0.2, 0.25) is 0 Å². The van der Waals surface area contributed by atoms with Crippen LogP contribution in [0.5, 0.6) is 0 Å². The summed E-state index contributed by atoms with van der Waals surface area (Å²) in [6.07, 6.45) is 2.60. The lowest BCUT2D eigenvalue weighted by atomic mass is 10.1. The first kappa shape index (κ1) is 14.0. The van der Waals surface area contributed by atoms with Crippen molar-refractivity contribution in [1.29, 1.82) is 0 Å². The zero-order valence-corrected chi connectivity index (χ0v) is 11.2. The van der Waals surface area contributed by atoms with E-state index in [2.05, 4.69) is 5.32 Å². The fourth-order valence-electron chi connectivity index (χ4n) is 1.87. The van der Waals surface area contributed by atoms with E-state index in [0.717, 1.165) is 11.1 Å². The van der Waals surface area contributed by atoms with E-state index in [1.54, 1.807) is 7.11 Å². The van der Waals surface area contributed by atoms with Crippen molar-refractivity contribution in [2.45, 2.75) is 13.2 Å². The number of carbonyl (C=O) groups is 1. The molecule has 0 spiro atoms. The summed E-state index contributed by atoms with van der Waals surface area (Å²) in [6.45, 7) is 0.929. The lowest BCUT2D eigenvalue weighted by Gasteiger charge is -2.10. The number of nitrogens with one attached hydrogen (secondary N) is 1. The van der Waals surface area contributed by atoms with Crippen LogP contribution in [0.4, 0.5) is 0 Å². The second-order valence-electron chi connectivity index (χ2n) is 4.33. The molecule has 2 rings (SSSR count). The maximum absolute atomic E-state index is 11.9. The molecule has 0 unspecified atom stereocenters. The highest BCUT2D eigenvalue weighted by molar-refractivity contribution is 5.93. The number of methoxy groups -OCH3 is 1. The van der Waals surface area contributed by atoms with Gasteiger partial charge < -0.3 is 15.3 Å². The highest BCUT2D eigenvalue weighted by Gasteiger charge is 2.08. The molecule has 0 saturated heterocycles. The minimum Gasteiger partial charge on any atom is -0.619 e. The van der Waals surface area contributed by atoms with Gasteiger partial charge in [-0.2, -0.15) is 4.73 Å². The third-order valence-electron chi connectivity index (χ3n) is 2.92. The molecule has 1 heterocycles. The van der Waals surface area contributed by atoms with Gasteiger partial charge in [-0.25, -0.2) is 0 Å². The Morgan fingerprint density at radius 3 is 2.50 bits per heavy atom. The van der Waals surface area contributed by atoms with Gasteiger partial charge in [-0.15, -0.1) is 0 Å². The van der Waals surface area contributed by atoms with Gasteiger partial charge in [-0.1, -0.05) is 24.3 Å². The highest BCUT2D eigenvalue weighted by atomic mass is 16.5. The first-order valence-corrected chi connectivity index (χ1v) is 6.23. The average molecular weight is 272 g/mol. The van der Waals surface area contributed by atoms with Crippen LogP contribution in [-0.4, -0.2) is 13.0 Å². The first-order valence-electron chi connectivity index (χ1n) is 6.23. The normalized spacial score (nSPS) is 10.2. The van der Waals surface area contributed by atoms with Crippen molar-refractivity contribution in [3.8, 4) is 0 Å². The molecule has 0 saturated carbocycles. The van der Waals surface area contributed by atoms with Crippen molar-refractivity contribution in [2.24, 2.45) is 0 Å². The largest absolute Gasteiger partial charge is 0.619 e. The predicted octanol–water partition coefficient (Wildman–Crippen LogP) is 1.40. The van der Waals surface area contributed by atoms with Crippen LogP contribution in [0.25, 0.3) is 0 Å². The highest BCUT2D eigenvalue weighted by Crippen LogP contribution is 2.10. The van der Waals surface area contributed by atoms with E-state index in [4.69, 9.17) is 4.74 Å². The molecule has 1 amide bonds. The Morgan fingerprint density at radius 1 is 1.20 bits per heavy atom. The molecule has 20 heavy (non-hydrogen) atoms. The number of amides is 1. The molecule has 1 N–H and O–H groups in total. The van der Waals surface area contributed by atoms with Gasteiger partial charge in [-0.3, -0.25) is 4.79 Å². The van der Waals surface area contributed by atoms with Crippen molar-refractivity contribution < 1.29 is 14.3 Å². The van der Waals surface area contributed by atoms with E-state index in [-0.39, 0.29) is 5.91 Å². The van der Waals surface area contributed by atoms with Crippen molar-refractivity contribution in [3.63, 3.8) is 0 Å². The number of benzene rings is 1. The summed E-state index contributed by atoms with van der Waals surface area (Å²) in [5.74, 6) is -0.210. The van der Waals surface area contributed by atoms with E-state index in [1.807, 2.05) is 24.3 Å². The van der Waals surface area contributed by atoms with Gasteiger partial charge in [0.1, 0.15) is 0 Å². The van der Waals surface area contributed by atoms with Crippen LogP contribution in [0.3, 0.4) is 0 Å². The third kappa shape index (κ3) is 3.55. The predicted molar refractivity (Wildman–Crippen MR) is 73.7 cm³/mol. The number of carbonyl (C=O) groups excluding carboxylic acids is 1. The van der Waals surface area contributed by atoms with E-state index < -0.39 is 0 Å². The molecule has 104 valence electrons. The Hall–Kier alpha value is -2.40. The quantitative estimate of drug-likeness (QED) is 0.661. The zero-order chi connectivity index (χ0) is 14.4. The topological polar surface area (TPSA) is 65.3 Å². The second-order valence-corrected chi connectivity index (χ2v) is 4.33. The molecular weight excluding hydrogens is 256 g/mol. The smallest absolute Gasteiger partial charge is 0.252 e. The van der Waals surface area contributed by atoms with E-state index in [1.165, 1.54) is 24.5 Å². The van der Waals surface area contributed by atoms with Crippen molar-refractivity contribution in [2.75, 3.05) is 7.11 Å². The maximum atomic E-state index is 11.9. The van der Waals surface area contributed by atoms with Gasteiger partial charge in [-0.05, 0) is 11.1 Å². The fraction of sp³-hybridized carbons (Fsp3) is 0.200. The summed E-state index contributed by atoms with van der Waals surface area (Å²) >= 11 is 0. The van der Waals surface area contributed by atoms with Crippen LogP contribution in [0.1, 0.15) is 21.5 Å². The number of hydrogen-bond donors (Lipinski definition) is 1. The maximum Gasteiger partial charge on any atom is 0.252 e. The monoisotopic (exact) mass is 272 g/mol. The van der Waals surface area contributed by atoms with Crippen LogP contribution < -0.4 is 10.0 Å². The number of aromatic nitrogens is 1. The molecule has 0 fully saturated rings. The molecule has 0 aliphatic carbocycles. The Labute approximate surface area is 117 Å². The van der Waals surface area contributed by atoms with Crippen molar-refractivity contribution in [3.05, 3.63) is 70.7 Å². The minimum absolute atomic E-state index is 0.210. The summed E-state index contributed by atoms with van der Waals surface area (Å²) < 4.78 is 5.77. The zero-order valence-electron chi connectivity index (χ0n) is 11.2. The molecule has 0 radical (unpaired) electrons. The molecule has 0 atom stereocenters. The van der Waals surface area contributed by atoms with Gasteiger partial charge >= 0.3 is 0 Å². The third-order valence-corrected chi connectivity index (χ3v) is 2.92. The molecule has 0 aliphatic rings. The molecule has 1 aromatic heterocycles. The molecule has 0 aliphatic heterocycles. The Bertz CT molecular complexity index is 582. The van der Waals surface area contributed by atoms with Crippen LogP contribution in [-0.2, 0) is 17.9 Å². The Morgan fingerprint density at radius 2 is 1.85 bits per heavy atom. The van der Waals surface area contributed by atoms with Crippen molar-refractivity contribution >= 4 is 5.91 Å². The standard InChI is InChI=1S/C15H16N2O3/c1-20-11-14-5-3-2-4-13(14)10-16-15(18)12-6-8-17(19)9-7-12/h2-9H,10-11H2,1H3,(H,16,18). The number of pyridine rings is 1. The van der Waals surface area contributed by atoms with Crippen LogP contribution in [0, 0.1) is 5.21 Å². The van der Waals surface area contributed by atoms with Crippen LogP contribution in [0.15, 0.2) is 48.8 Å².